The fraction of sp³-hybridized carbons (Fsp3) is 0.917. The lowest BCUT2D eigenvalue weighted by Gasteiger charge is -2.16. The fourth-order valence-electron chi connectivity index (χ4n) is 1.45. The van der Waals surface area contributed by atoms with Crippen molar-refractivity contribution >= 4 is 5.84 Å². The minimum Gasteiger partial charge on any atom is -0.409 e. The molecular formula is C12H27N3O2. The maximum Gasteiger partial charge on any atom is 0.140 e. The van der Waals surface area contributed by atoms with Crippen molar-refractivity contribution in [1.82, 2.24) is 5.32 Å². The number of nitrogens with zero attached hydrogens (tertiary/aromatic N) is 1. The van der Waals surface area contributed by atoms with E-state index in [1.54, 1.807) is 0 Å². The predicted molar refractivity (Wildman–Crippen MR) is 70.4 cm³/mol. The normalized spacial score (nSPS) is 14.2. The number of oxime groups is 1. The molecule has 102 valence electrons. The van der Waals surface area contributed by atoms with Crippen molar-refractivity contribution in [3.05, 3.63) is 0 Å². The van der Waals surface area contributed by atoms with Gasteiger partial charge < -0.3 is 21.0 Å². The third kappa shape index (κ3) is 10.1. The van der Waals surface area contributed by atoms with Crippen molar-refractivity contribution in [3.63, 3.8) is 0 Å². The van der Waals surface area contributed by atoms with Crippen molar-refractivity contribution in [1.29, 1.82) is 0 Å². The second-order valence-electron chi connectivity index (χ2n) is 4.68. The molecule has 0 aliphatic rings. The van der Waals surface area contributed by atoms with Crippen LogP contribution < -0.4 is 11.1 Å². The summed E-state index contributed by atoms with van der Waals surface area (Å²) in [6.07, 6.45) is 2.53. The molecule has 0 heterocycles. The number of hydrogen-bond donors (Lipinski definition) is 3. The molecule has 0 bridgehead atoms. The van der Waals surface area contributed by atoms with Gasteiger partial charge in [0, 0.05) is 25.7 Å². The van der Waals surface area contributed by atoms with Gasteiger partial charge >= 0.3 is 0 Å². The quantitative estimate of drug-likeness (QED) is 0.179. The van der Waals surface area contributed by atoms with Gasteiger partial charge in [0.1, 0.15) is 5.84 Å². The first-order chi connectivity index (χ1) is 8.10. The Kier molecular flexibility index (Phi) is 9.86. The Morgan fingerprint density at radius 2 is 2.18 bits per heavy atom. The summed E-state index contributed by atoms with van der Waals surface area (Å²) >= 11 is 0. The zero-order valence-corrected chi connectivity index (χ0v) is 11.3. The van der Waals surface area contributed by atoms with E-state index >= 15 is 0 Å². The van der Waals surface area contributed by atoms with E-state index in [1.165, 1.54) is 0 Å². The molecule has 5 heteroatoms. The van der Waals surface area contributed by atoms with Crippen LogP contribution in [-0.4, -0.2) is 36.8 Å². The molecule has 0 saturated carbocycles. The highest BCUT2D eigenvalue weighted by Crippen LogP contribution is 1.98. The molecule has 0 rings (SSSR count). The molecule has 0 aromatic rings. The molecule has 4 N–H and O–H groups in total. The molecule has 0 radical (unpaired) electrons. The molecule has 0 aliphatic carbocycles. The summed E-state index contributed by atoms with van der Waals surface area (Å²) in [4.78, 5) is 0. The topological polar surface area (TPSA) is 79.9 Å². The van der Waals surface area contributed by atoms with Gasteiger partial charge in [0.25, 0.3) is 0 Å². The Bertz CT molecular complexity index is 208. The number of hydrogen-bond acceptors (Lipinski definition) is 4. The Labute approximate surface area is 104 Å². The molecule has 1 atom stereocenters. The summed E-state index contributed by atoms with van der Waals surface area (Å²) in [5.41, 5.74) is 5.47. The number of amidine groups is 1. The smallest absolute Gasteiger partial charge is 0.140 e. The van der Waals surface area contributed by atoms with Crippen LogP contribution in [0.2, 0.25) is 0 Å². The van der Waals surface area contributed by atoms with Gasteiger partial charge in [-0.1, -0.05) is 25.9 Å². The second kappa shape index (κ2) is 10.4. The average Bonchev–Trinajstić information content (AvgIpc) is 2.31. The first kappa shape index (κ1) is 16.2. The van der Waals surface area contributed by atoms with Gasteiger partial charge in [-0.25, -0.2) is 0 Å². The molecule has 1 unspecified atom stereocenters. The highest BCUT2D eigenvalue weighted by atomic mass is 16.5. The van der Waals surface area contributed by atoms with Crippen LogP contribution in [0, 0.1) is 5.92 Å². The van der Waals surface area contributed by atoms with Crippen molar-refractivity contribution in [2.24, 2.45) is 16.8 Å². The average molecular weight is 245 g/mol. The molecule has 0 saturated heterocycles. The van der Waals surface area contributed by atoms with E-state index in [0.29, 0.717) is 12.3 Å². The molecule has 17 heavy (non-hydrogen) atoms. The van der Waals surface area contributed by atoms with Crippen LogP contribution in [0.15, 0.2) is 5.16 Å². The molecule has 0 spiro atoms. The number of nitrogens with one attached hydrogen (secondary N) is 1. The predicted octanol–water partition coefficient (Wildman–Crippen LogP) is 1.55. The van der Waals surface area contributed by atoms with Crippen molar-refractivity contribution < 1.29 is 9.94 Å². The highest BCUT2D eigenvalue weighted by molar-refractivity contribution is 5.80. The molecule has 0 aromatic carbocycles. The lowest BCUT2D eigenvalue weighted by Crippen LogP contribution is -2.34. The van der Waals surface area contributed by atoms with Gasteiger partial charge in [0.2, 0.25) is 0 Å². The second-order valence-corrected chi connectivity index (χ2v) is 4.68. The van der Waals surface area contributed by atoms with Gasteiger partial charge in [-0.3, -0.25) is 0 Å². The maximum atomic E-state index is 8.49. The lowest BCUT2D eigenvalue weighted by molar-refractivity contribution is 0.107. The van der Waals surface area contributed by atoms with Crippen LogP contribution in [0.3, 0.4) is 0 Å². The maximum absolute atomic E-state index is 8.49. The van der Waals surface area contributed by atoms with E-state index in [1.807, 2.05) is 0 Å². The summed E-state index contributed by atoms with van der Waals surface area (Å²) in [5.74, 6) is 0.868. The molecule has 0 fully saturated rings. The van der Waals surface area contributed by atoms with Crippen molar-refractivity contribution in [2.75, 3.05) is 19.8 Å². The van der Waals surface area contributed by atoms with Crippen molar-refractivity contribution in [2.45, 2.75) is 46.1 Å². The molecule has 5 nitrogen and oxygen atoms in total. The van der Waals surface area contributed by atoms with E-state index in [4.69, 9.17) is 15.7 Å². The Morgan fingerprint density at radius 1 is 1.47 bits per heavy atom. The Morgan fingerprint density at radius 3 is 2.71 bits per heavy atom. The minimum absolute atomic E-state index is 0.274. The van der Waals surface area contributed by atoms with Crippen LogP contribution in [0.25, 0.3) is 0 Å². The van der Waals surface area contributed by atoms with Gasteiger partial charge in [0.15, 0.2) is 0 Å². The number of ether oxygens (including phenoxy) is 1. The van der Waals surface area contributed by atoms with Crippen LogP contribution in [0.4, 0.5) is 0 Å². The van der Waals surface area contributed by atoms with Gasteiger partial charge in [-0.2, -0.15) is 0 Å². The SMILES string of the molecule is CCC(CC(N)=NO)NCCCOCC(C)C. The Balaban J connectivity index is 3.50. The Hall–Kier alpha value is -0.810. The van der Waals surface area contributed by atoms with E-state index in [-0.39, 0.29) is 11.9 Å². The molecule has 0 amide bonds. The summed E-state index contributed by atoms with van der Waals surface area (Å²) < 4.78 is 5.48. The summed E-state index contributed by atoms with van der Waals surface area (Å²) in [5, 5.41) is 14.8. The van der Waals surface area contributed by atoms with Crippen LogP contribution >= 0.6 is 0 Å². The van der Waals surface area contributed by atoms with E-state index < -0.39 is 0 Å². The standard InChI is InChI=1S/C12H27N3O2/c1-4-11(8-12(13)15-16)14-6-5-7-17-9-10(2)3/h10-11,14,16H,4-9H2,1-3H3,(H2,13,15). The summed E-state index contributed by atoms with van der Waals surface area (Å²) in [7, 11) is 0. The zero-order chi connectivity index (χ0) is 13.1. The fourth-order valence-corrected chi connectivity index (χ4v) is 1.45. The van der Waals surface area contributed by atoms with Crippen LogP contribution in [0.5, 0.6) is 0 Å². The number of nitrogens with two attached hydrogens (primary N) is 1. The van der Waals surface area contributed by atoms with Gasteiger partial charge in [-0.05, 0) is 25.3 Å². The van der Waals surface area contributed by atoms with E-state index in [0.717, 1.165) is 32.6 Å². The molecule has 0 aliphatic heterocycles. The van der Waals surface area contributed by atoms with Gasteiger partial charge in [0.05, 0.1) is 0 Å². The highest BCUT2D eigenvalue weighted by Gasteiger charge is 2.07. The monoisotopic (exact) mass is 245 g/mol. The third-order valence-electron chi connectivity index (χ3n) is 2.43. The molecular weight excluding hydrogens is 218 g/mol. The number of rotatable bonds is 10. The van der Waals surface area contributed by atoms with E-state index in [9.17, 15) is 0 Å². The largest absolute Gasteiger partial charge is 0.409 e. The van der Waals surface area contributed by atoms with Gasteiger partial charge in [-0.15, -0.1) is 0 Å². The first-order valence-corrected chi connectivity index (χ1v) is 6.37. The van der Waals surface area contributed by atoms with Crippen molar-refractivity contribution in [3.8, 4) is 0 Å². The van der Waals surface area contributed by atoms with Crippen LogP contribution in [0.1, 0.15) is 40.0 Å². The summed E-state index contributed by atoms with van der Waals surface area (Å²) in [6.45, 7) is 8.87. The van der Waals surface area contributed by atoms with Crippen LogP contribution in [-0.2, 0) is 4.74 Å². The lowest BCUT2D eigenvalue weighted by atomic mass is 10.1. The minimum atomic E-state index is 0.274. The first-order valence-electron chi connectivity index (χ1n) is 6.37. The van der Waals surface area contributed by atoms with E-state index in [2.05, 4.69) is 31.2 Å². The summed E-state index contributed by atoms with van der Waals surface area (Å²) in [6, 6.07) is 0.274. The third-order valence-corrected chi connectivity index (χ3v) is 2.43. The zero-order valence-electron chi connectivity index (χ0n) is 11.3. The molecule has 0 aromatic heterocycles.